The Morgan fingerprint density at radius 1 is 0.786 bits per heavy atom. The van der Waals surface area contributed by atoms with Crippen molar-refractivity contribution in [3.8, 4) is 0 Å². The molecule has 0 aliphatic heterocycles. The summed E-state index contributed by atoms with van der Waals surface area (Å²) >= 11 is 3.51. The van der Waals surface area contributed by atoms with Gasteiger partial charge in [0.1, 0.15) is 0 Å². The molecule has 2 aromatic heterocycles. The van der Waals surface area contributed by atoms with E-state index in [1.807, 2.05) is 0 Å². The Balaban J connectivity index is 1.94. The number of rotatable bonds is 3. The van der Waals surface area contributed by atoms with Crippen molar-refractivity contribution in [2.24, 2.45) is 0 Å². The van der Waals surface area contributed by atoms with Crippen molar-refractivity contribution in [1.82, 2.24) is 0 Å². The van der Waals surface area contributed by atoms with Crippen LogP contribution in [-0.2, 0) is 0 Å². The van der Waals surface area contributed by atoms with E-state index < -0.39 is 0 Å². The minimum absolute atomic E-state index is 1.29. The summed E-state index contributed by atoms with van der Waals surface area (Å²) in [7, 11) is 0. The Morgan fingerprint density at radius 2 is 1.29 bits per heavy atom. The van der Waals surface area contributed by atoms with Gasteiger partial charge in [-0.2, -0.15) is 0 Å². The van der Waals surface area contributed by atoms with E-state index in [4.69, 9.17) is 0 Å². The molecule has 2 heterocycles. The number of hydrogen-bond donors (Lipinski definition) is 0. The molecule has 0 saturated heterocycles. The lowest BCUT2D eigenvalue weighted by atomic mass is 10.3. The smallest absolute Gasteiger partial charge is 0.0270 e. The van der Waals surface area contributed by atoms with Crippen molar-refractivity contribution < 1.29 is 0 Å². The highest BCUT2D eigenvalue weighted by Crippen LogP contribution is 2.12. The molecule has 0 unspecified atom stereocenters. The standard InChI is InChI=1S/C12H10S2/c1(5-11-7-3-9-13-11)2-6-12-8-4-10-14-12/h1-10H/b5-1+,6-2?. The Bertz CT molecular complexity index is 363. The zero-order chi connectivity index (χ0) is 9.64. The molecule has 0 amide bonds. The van der Waals surface area contributed by atoms with Gasteiger partial charge in [-0.15, -0.1) is 22.7 Å². The predicted octanol–water partition coefficient (Wildman–Crippen LogP) is 4.54. The third-order valence-corrected chi connectivity index (χ3v) is 3.39. The summed E-state index contributed by atoms with van der Waals surface area (Å²) in [6.45, 7) is 0. The topological polar surface area (TPSA) is 0 Å². The second kappa shape index (κ2) is 4.94. The van der Waals surface area contributed by atoms with Crippen molar-refractivity contribution in [2.45, 2.75) is 0 Å². The first-order valence-corrected chi connectivity index (χ1v) is 6.13. The van der Waals surface area contributed by atoms with Gasteiger partial charge in [-0.3, -0.25) is 0 Å². The minimum Gasteiger partial charge on any atom is -0.144 e. The van der Waals surface area contributed by atoms with Gasteiger partial charge >= 0.3 is 0 Å². The van der Waals surface area contributed by atoms with Gasteiger partial charge in [0.2, 0.25) is 0 Å². The van der Waals surface area contributed by atoms with Gasteiger partial charge in [0.25, 0.3) is 0 Å². The molecule has 0 bridgehead atoms. The molecule has 0 saturated carbocycles. The fraction of sp³-hybridized carbons (Fsp3) is 0. The van der Waals surface area contributed by atoms with E-state index in [-0.39, 0.29) is 0 Å². The summed E-state index contributed by atoms with van der Waals surface area (Å²) in [5, 5.41) is 4.17. The lowest BCUT2D eigenvalue weighted by Crippen LogP contribution is -1.56. The average molecular weight is 218 g/mol. The molecule has 70 valence electrons. The summed E-state index contributed by atoms with van der Waals surface area (Å²) in [6, 6.07) is 8.35. The van der Waals surface area contributed by atoms with Crippen LogP contribution in [-0.4, -0.2) is 0 Å². The number of hydrogen-bond acceptors (Lipinski definition) is 2. The first-order valence-electron chi connectivity index (χ1n) is 4.37. The van der Waals surface area contributed by atoms with Crippen LogP contribution in [0.15, 0.2) is 47.2 Å². The molecule has 0 fully saturated rings. The van der Waals surface area contributed by atoms with Crippen molar-refractivity contribution in [1.29, 1.82) is 0 Å². The van der Waals surface area contributed by atoms with E-state index in [9.17, 15) is 0 Å². The molecule has 0 radical (unpaired) electrons. The van der Waals surface area contributed by atoms with Crippen molar-refractivity contribution in [3.05, 3.63) is 56.9 Å². The van der Waals surface area contributed by atoms with Crippen LogP contribution in [0.4, 0.5) is 0 Å². The monoisotopic (exact) mass is 218 g/mol. The molecular weight excluding hydrogens is 208 g/mol. The fourth-order valence-electron chi connectivity index (χ4n) is 1.07. The molecular formula is C12H10S2. The molecule has 14 heavy (non-hydrogen) atoms. The van der Waals surface area contributed by atoms with E-state index >= 15 is 0 Å². The largest absolute Gasteiger partial charge is 0.144 e. The first kappa shape index (κ1) is 9.44. The van der Waals surface area contributed by atoms with Crippen LogP contribution in [0.2, 0.25) is 0 Å². The summed E-state index contributed by atoms with van der Waals surface area (Å²) in [5.74, 6) is 0. The van der Waals surface area contributed by atoms with Crippen LogP contribution in [0.5, 0.6) is 0 Å². The maximum atomic E-state index is 2.12. The Hall–Kier alpha value is -1.12. The van der Waals surface area contributed by atoms with Crippen LogP contribution in [0, 0.1) is 0 Å². The van der Waals surface area contributed by atoms with Crippen LogP contribution in [0.3, 0.4) is 0 Å². The Labute approximate surface area is 91.8 Å². The summed E-state index contributed by atoms with van der Waals surface area (Å²) in [5.41, 5.74) is 0. The zero-order valence-corrected chi connectivity index (χ0v) is 9.22. The molecule has 0 spiro atoms. The van der Waals surface area contributed by atoms with E-state index in [0.717, 1.165) is 0 Å². The first-order chi connectivity index (χ1) is 6.95. The molecule has 0 aliphatic carbocycles. The van der Waals surface area contributed by atoms with Gasteiger partial charge in [0, 0.05) is 9.75 Å². The van der Waals surface area contributed by atoms with Gasteiger partial charge in [0.05, 0.1) is 0 Å². The third-order valence-electron chi connectivity index (χ3n) is 1.72. The van der Waals surface area contributed by atoms with Gasteiger partial charge < -0.3 is 0 Å². The summed E-state index contributed by atoms with van der Waals surface area (Å²) in [4.78, 5) is 2.58. The lowest BCUT2D eigenvalue weighted by molar-refractivity contribution is 1.92. The molecule has 0 N–H and O–H groups in total. The minimum atomic E-state index is 1.29. The summed E-state index contributed by atoms with van der Waals surface area (Å²) in [6.07, 6.45) is 8.39. The molecule has 2 rings (SSSR count). The molecule has 0 atom stereocenters. The number of thiophene rings is 2. The molecule has 2 aromatic rings. The maximum absolute atomic E-state index is 2.12. The van der Waals surface area contributed by atoms with Crippen LogP contribution >= 0.6 is 22.7 Å². The Kier molecular flexibility index (Phi) is 3.33. The molecule has 0 nitrogen and oxygen atoms in total. The van der Waals surface area contributed by atoms with Crippen molar-refractivity contribution >= 4 is 34.8 Å². The summed E-state index contributed by atoms with van der Waals surface area (Å²) < 4.78 is 0. The van der Waals surface area contributed by atoms with Gasteiger partial charge in [-0.05, 0) is 35.0 Å². The third kappa shape index (κ3) is 2.69. The highest BCUT2D eigenvalue weighted by molar-refractivity contribution is 7.11. The highest BCUT2D eigenvalue weighted by Gasteiger charge is 1.84. The van der Waals surface area contributed by atoms with Crippen LogP contribution in [0.1, 0.15) is 9.75 Å². The van der Waals surface area contributed by atoms with Crippen LogP contribution < -0.4 is 0 Å². The van der Waals surface area contributed by atoms with Crippen LogP contribution in [0.25, 0.3) is 12.2 Å². The van der Waals surface area contributed by atoms with Crippen molar-refractivity contribution in [2.75, 3.05) is 0 Å². The van der Waals surface area contributed by atoms with E-state index in [1.54, 1.807) is 22.7 Å². The SMILES string of the molecule is C(=Cc1cccs1)/C=C/c1cccs1. The van der Waals surface area contributed by atoms with E-state index in [0.29, 0.717) is 0 Å². The van der Waals surface area contributed by atoms with E-state index in [2.05, 4.69) is 59.3 Å². The maximum Gasteiger partial charge on any atom is 0.0270 e. The van der Waals surface area contributed by atoms with Gasteiger partial charge in [-0.25, -0.2) is 0 Å². The molecule has 2 heteroatoms. The molecule has 0 aliphatic rings. The normalized spacial score (nSPS) is 11.7. The average Bonchev–Trinajstić information content (AvgIpc) is 2.86. The highest BCUT2D eigenvalue weighted by atomic mass is 32.1. The van der Waals surface area contributed by atoms with Crippen molar-refractivity contribution in [3.63, 3.8) is 0 Å². The fourth-order valence-corrected chi connectivity index (χ4v) is 2.33. The quantitative estimate of drug-likeness (QED) is 0.664. The lowest BCUT2D eigenvalue weighted by Gasteiger charge is -1.81. The molecule has 0 aromatic carbocycles. The van der Waals surface area contributed by atoms with Gasteiger partial charge in [0.15, 0.2) is 0 Å². The van der Waals surface area contributed by atoms with Gasteiger partial charge in [-0.1, -0.05) is 24.3 Å². The second-order valence-corrected chi connectivity index (χ2v) is 4.71. The second-order valence-electron chi connectivity index (χ2n) is 2.75. The van der Waals surface area contributed by atoms with E-state index in [1.165, 1.54) is 9.75 Å². The zero-order valence-electron chi connectivity index (χ0n) is 7.59. The predicted molar refractivity (Wildman–Crippen MR) is 66.7 cm³/mol. The number of allylic oxidation sites excluding steroid dienone is 2. The Morgan fingerprint density at radius 3 is 1.64 bits per heavy atom.